The van der Waals surface area contributed by atoms with E-state index < -0.39 is 0 Å². The highest BCUT2D eigenvalue weighted by atomic mass is 32.1. The number of aromatic nitrogens is 2. The Morgan fingerprint density at radius 3 is 2.76 bits per heavy atom. The fourth-order valence-corrected chi connectivity index (χ4v) is 2.33. The molecule has 21 heavy (non-hydrogen) atoms. The fraction of sp³-hybridized carbons (Fsp3) is 0.375. The van der Waals surface area contributed by atoms with Crippen LogP contribution in [0, 0.1) is 13.8 Å². The molecule has 2 aromatic rings. The minimum absolute atomic E-state index is 0.712. The third-order valence-electron chi connectivity index (χ3n) is 3.40. The summed E-state index contributed by atoms with van der Waals surface area (Å²) in [5.74, 6) is 0. The third-order valence-corrected chi connectivity index (χ3v) is 3.81. The lowest BCUT2D eigenvalue weighted by Crippen LogP contribution is -2.30. The number of hydrogen-bond donors (Lipinski definition) is 1. The summed E-state index contributed by atoms with van der Waals surface area (Å²) < 4.78 is 1.95. The van der Waals surface area contributed by atoms with Gasteiger partial charge in [-0.2, -0.15) is 5.10 Å². The Morgan fingerprint density at radius 2 is 2.14 bits per heavy atom. The average Bonchev–Trinajstić information content (AvgIpc) is 2.79. The van der Waals surface area contributed by atoms with E-state index in [9.17, 15) is 0 Å². The summed E-state index contributed by atoms with van der Waals surface area (Å²) in [4.78, 5) is 2.03. The molecule has 112 valence electrons. The van der Waals surface area contributed by atoms with Crippen LogP contribution in [0.25, 0.3) is 0 Å². The van der Waals surface area contributed by atoms with Gasteiger partial charge in [-0.3, -0.25) is 4.68 Å². The molecule has 0 radical (unpaired) electrons. The van der Waals surface area contributed by atoms with Gasteiger partial charge in [0, 0.05) is 37.6 Å². The van der Waals surface area contributed by atoms with Crippen LogP contribution in [0.2, 0.25) is 0 Å². The van der Waals surface area contributed by atoms with Crippen molar-refractivity contribution in [3.63, 3.8) is 0 Å². The van der Waals surface area contributed by atoms with E-state index in [1.54, 1.807) is 0 Å². The van der Waals surface area contributed by atoms with Gasteiger partial charge in [0.25, 0.3) is 0 Å². The summed E-state index contributed by atoms with van der Waals surface area (Å²) >= 11 is 5.47. The standard InChI is InChI=1S/C16H22N4S/c1-5-20-11-14(13(3)18-20)10-19(4)16(21)17-15-8-6-7-12(2)9-15/h6-9,11H,5,10H2,1-4H3,(H,17,21). The van der Waals surface area contributed by atoms with Gasteiger partial charge in [0.05, 0.1) is 5.69 Å². The van der Waals surface area contributed by atoms with Gasteiger partial charge in [0.15, 0.2) is 5.11 Å². The van der Waals surface area contributed by atoms with Gasteiger partial charge >= 0.3 is 0 Å². The quantitative estimate of drug-likeness (QED) is 0.878. The number of anilines is 1. The molecule has 0 spiro atoms. The van der Waals surface area contributed by atoms with Crippen LogP contribution in [0.5, 0.6) is 0 Å². The molecular weight excluding hydrogens is 280 g/mol. The molecule has 0 bridgehead atoms. The van der Waals surface area contributed by atoms with Crippen molar-refractivity contribution in [1.29, 1.82) is 0 Å². The number of aryl methyl sites for hydroxylation is 3. The summed E-state index contributed by atoms with van der Waals surface area (Å²) in [6.45, 7) is 7.83. The van der Waals surface area contributed by atoms with Crippen molar-refractivity contribution in [3.8, 4) is 0 Å². The molecule has 1 heterocycles. The summed E-state index contributed by atoms with van der Waals surface area (Å²) in [6.07, 6.45) is 2.08. The molecule has 0 atom stereocenters. The molecule has 1 N–H and O–H groups in total. The molecule has 2 rings (SSSR count). The summed E-state index contributed by atoms with van der Waals surface area (Å²) in [5, 5.41) is 8.45. The smallest absolute Gasteiger partial charge is 0.173 e. The van der Waals surface area contributed by atoms with Crippen LogP contribution >= 0.6 is 12.2 Å². The highest BCUT2D eigenvalue weighted by Gasteiger charge is 2.10. The second-order valence-electron chi connectivity index (χ2n) is 5.25. The van der Waals surface area contributed by atoms with Crippen molar-refractivity contribution >= 4 is 23.0 Å². The monoisotopic (exact) mass is 302 g/mol. The lowest BCUT2D eigenvalue weighted by atomic mass is 10.2. The Bertz CT molecular complexity index is 633. The van der Waals surface area contributed by atoms with Crippen LogP contribution in [-0.2, 0) is 13.1 Å². The van der Waals surface area contributed by atoms with E-state index in [1.165, 1.54) is 11.1 Å². The van der Waals surface area contributed by atoms with Crippen molar-refractivity contribution in [1.82, 2.24) is 14.7 Å². The number of nitrogens with one attached hydrogen (secondary N) is 1. The van der Waals surface area contributed by atoms with Gasteiger partial charge in [-0.15, -0.1) is 0 Å². The van der Waals surface area contributed by atoms with Crippen molar-refractivity contribution in [3.05, 3.63) is 47.3 Å². The van der Waals surface area contributed by atoms with Gasteiger partial charge in [0.1, 0.15) is 0 Å². The second-order valence-corrected chi connectivity index (χ2v) is 5.64. The van der Waals surface area contributed by atoms with Crippen LogP contribution in [0.3, 0.4) is 0 Å². The molecule has 0 aliphatic rings. The first-order valence-corrected chi connectivity index (χ1v) is 7.52. The zero-order chi connectivity index (χ0) is 15.4. The highest BCUT2D eigenvalue weighted by molar-refractivity contribution is 7.80. The van der Waals surface area contributed by atoms with E-state index in [1.807, 2.05) is 35.7 Å². The molecule has 0 saturated heterocycles. The Balaban J connectivity index is 2.00. The number of rotatable bonds is 4. The number of benzene rings is 1. The summed E-state index contributed by atoms with van der Waals surface area (Å²) in [6, 6.07) is 8.20. The molecule has 0 fully saturated rings. The zero-order valence-electron chi connectivity index (χ0n) is 13.1. The fourth-order valence-electron chi connectivity index (χ4n) is 2.15. The predicted octanol–water partition coefficient (Wildman–Crippen LogP) is 3.35. The Labute approximate surface area is 131 Å². The minimum Gasteiger partial charge on any atom is -0.348 e. The lowest BCUT2D eigenvalue weighted by Gasteiger charge is -2.21. The third kappa shape index (κ3) is 4.04. The first-order chi connectivity index (χ1) is 9.99. The molecule has 0 aliphatic heterocycles. The number of hydrogen-bond acceptors (Lipinski definition) is 2. The van der Waals surface area contributed by atoms with Crippen LogP contribution in [-0.4, -0.2) is 26.8 Å². The van der Waals surface area contributed by atoms with E-state index in [0.29, 0.717) is 5.11 Å². The number of thiocarbonyl (C=S) groups is 1. The van der Waals surface area contributed by atoms with Crippen LogP contribution in [0.1, 0.15) is 23.7 Å². The Morgan fingerprint density at radius 1 is 1.38 bits per heavy atom. The van der Waals surface area contributed by atoms with Crippen molar-refractivity contribution in [2.45, 2.75) is 33.9 Å². The van der Waals surface area contributed by atoms with Crippen molar-refractivity contribution in [2.75, 3.05) is 12.4 Å². The van der Waals surface area contributed by atoms with E-state index in [0.717, 1.165) is 24.5 Å². The molecular formula is C16H22N4S. The van der Waals surface area contributed by atoms with Crippen molar-refractivity contribution < 1.29 is 0 Å². The normalized spacial score (nSPS) is 10.5. The molecule has 1 aromatic heterocycles. The van der Waals surface area contributed by atoms with Gasteiger partial charge in [-0.1, -0.05) is 12.1 Å². The molecule has 5 heteroatoms. The van der Waals surface area contributed by atoms with E-state index in [4.69, 9.17) is 12.2 Å². The Kier molecular flexibility index (Phi) is 4.96. The van der Waals surface area contributed by atoms with Crippen LogP contribution in [0.15, 0.2) is 30.5 Å². The largest absolute Gasteiger partial charge is 0.348 e. The topological polar surface area (TPSA) is 33.1 Å². The van der Waals surface area contributed by atoms with Gasteiger partial charge < -0.3 is 10.2 Å². The van der Waals surface area contributed by atoms with Crippen molar-refractivity contribution in [2.24, 2.45) is 0 Å². The van der Waals surface area contributed by atoms with E-state index in [2.05, 4.69) is 42.6 Å². The second kappa shape index (κ2) is 6.72. The first kappa shape index (κ1) is 15.5. The lowest BCUT2D eigenvalue weighted by molar-refractivity contribution is 0.506. The SMILES string of the molecule is CCn1cc(CN(C)C(=S)Nc2cccc(C)c2)c(C)n1. The molecule has 0 unspecified atom stereocenters. The molecule has 0 saturated carbocycles. The van der Waals surface area contributed by atoms with Gasteiger partial charge in [-0.05, 0) is 50.7 Å². The van der Waals surface area contributed by atoms with Crippen LogP contribution in [0.4, 0.5) is 5.69 Å². The highest BCUT2D eigenvalue weighted by Crippen LogP contribution is 2.13. The molecule has 1 aromatic carbocycles. The zero-order valence-corrected chi connectivity index (χ0v) is 13.9. The number of nitrogens with zero attached hydrogens (tertiary/aromatic N) is 3. The molecule has 0 aliphatic carbocycles. The molecule has 4 nitrogen and oxygen atoms in total. The van der Waals surface area contributed by atoms with Gasteiger partial charge in [-0.25, -0.2) is 0 Å². The predicted molar refractivity (Wildman–Crippen MR) is 91.5 cm³/mol. The maximum atomic E-state index is 5.47. The maximum Gasteiger partial charge on any atom is 0.173 e. The minimum atomic E-state index is 0.712. The summed E-state index contributed by atoms with van der Waals surface area (Å²) in [7, 11) is 1.99. The first-order valence-electron chi connectivity index (χ1n) is 7.11. The summed E-state index contributed by atoms with van der Waals surface area (Å²) in [5.41, 5.74) is 4.49. The van der Waals surface area contributed by atoms with E-state index in [-0.39, 0.29) is 0 Å². The van der Waals surface area contributed by atoms with Gasteiger partial charge in [0.2, 0.25) is 0 Å². The molecule has 0 amide bonds. The van der Waals surface area contributed by atoms with E-state index >= 15 is 0 Å². The Hall–Kier alpha value is -1.88. The van der Waals surface area contributed by atoms with Crippen LogP contribution < -0.4 is 5.32 Å². The average molecular weight is 302 g/mol. The maximum absolute atomic E-state index is 5.47.